The summed E-state index contributed by atoms with van der Waals surface area (Å²) in [6.07, 6.45) is 1.20. The molecule has 1 aliphatic rings. The van der Waals surface area contributed by atoms with Crippen molar-refractivity contribution in [2.45, 2.75) is 39.3 Å². The van der Waals surface area contributed by atoms with E-state index < -0.39 is 0 Å². The smallest absolute Gasteiger partial charge is 0.123 e. The molecule has 0 radical (unpaired) electrons. The Kier molecular flexibility index (Phi) is 4.03. The maximum atomic E-state index is 13.4. The fourth-order valence-corrected chi connectivity index (χ4v) is 3.18. The van der Waals surface area contributed by atoms with Gasteiger partial charge in [-0.25, -0.2) is 4.39 Å². The van der Waals surface area contributed by atoms with Crippen molar-refractivity contribution in [2.24, 2.45) is 11.7 Å². The molecule has 0 aromatic heterocycles. The zero-order valence-corrected chi connectivity index (χ0v) is 11.5. The number of nitrogens with two attached hydrogens (primary N) is 1. The van der Waals surface area contributed by atoms with Crippen molar-refractivity contribution in [1.29, 1.82) is 0 Å². The quantitative estimate of drug-likeness (QED) is 0.893. The minimum Gasteiger partial charge on any atom is -0.329 e. The van der Waals surface area contributed by atoms with Gasteiger partial charge in [0.1, 0.15) is 5.82 Å². The van der Waals surface area contributed by atoms with Gasteiger partial charge in [0.2, 0.25) is 0 Å². The molecule has 0 amide bonds. The van der Waals surface area contributed by atoms with Gasteiger partial charge in [-0.1, -0.05) is 13.0 Å². The molecule has 3 atom stereocenters. The van der Waals surface area contributed by atoms with Crippen LogP contribution in [0.1, 0.15) is 37.4 Å². The summed E-state index contributed by atoms with van der Waals surface area (Å²) >= 11 is 0. The third-order valence-electron chi connectivity index (χ3n) is 4.06. The Balaban J connectivity index is 2.30. The summed E-state index contributed by atoms with van der Waals surface area (Å²) in [4.78, 5) is 2.42. The maximum Gasteiger partial charge on any atom is 0.123 e. The number of halogens is 1. The first-order valence-electron chi connectivity index (χ1n) is 6.74. The molecule has 1 aromatic carbocycles. The van der Waals surface area contributed by atoms with Crippen LogP contribution in [-0.4, -0.2) is 24.0 Å². The first-order valence-corrected chi connectivity index (χ1v) is 6.74. The molecule has 3 unspecified atom stereocenters. The van der Waals surface area contributed by atoms with Crippen molar-refractivity contribution < 1.29 is 4.39 Å². The standard InChI is InChI=1S/C15H23FN2/c1-10-6-12(3)18(9-10)15(8-17)14-7-13(16)5-4-11(14)2/h4-5,7,10,12,15H,6,8-9,17H2,1-3H3. The molecule has 1 aromatic rings. The Hall–Kier alpha value is -0.930. The van der Waals surface area contributed by atoms with Gasteiger partial charge in [0.05, 0.1) is 0 Å². The van der Waals surface area contributed by atoms with Gasteiger partial charge >= 0.3 is 0 Å². The monoisotopic (exact) mass is 250 g/mol. The van der Waals surface area contributed by atoms with Crippen molar-refractivity contribution >= 4 is 0 Å². The number of benzene rings is 1. The SMILES string of the molecule is Cc1ccc(F)cc1C(CN)N1CC(C)CC1C. The normalized spacial score (nSPS) is 26.5. The zero-order chi connectivity index (χ0) is 13.3. The van der Waals surface area contributed by atoms with Crippen LogP contribution in [-0.2, 0) is 0 Å². The van der Waals surface area contributed by atoms with Crippen LogP contribution < -0.4 is 5.73 Å². The number of aryl methyl sites for hydroxylation is 1. The lowest BCUT2D eigenvalue weighted by Gasteiger charge is -2.32. The van der Waals surface area contributed by atoms with Gasteiger partial charge in [-0.3, -0.25) is 4.90 Å². The van der Waals surface area contributed by atoms with Crippen LogP contribution in [0.15, 0.2) is 18.2 Å². The van der Waals surface area contributed by atoms with E-state index in [4.69, 9.17) is 5.73 Å². The lowest BCUT2D eigenvalue weighted by atomic mass is 9.99. The average molecular weight is 250 g/mol. The van der Waals surface area contributed by atoms with E-state index in [1.807, 2.05) is 13.0 Å². The lowest BCUT2D eigenvalue weighted by molar-refractivity contribution is 0.191. The number of hydrogen-bond donors (Lipinski definition) is 1. The van der Waals surface area contributed by atoms with Gasteiger partial charge < -0.3 is 5.73 Å². The van der Waals surface area contributed by atoms with E-state index in [-0.39, 0.29) is 11.9 Å². The molecule has 2 nitrogen and oxygen atoms in total. The maximum absolute atomic E-state index is 13.4. The number of hydrogen-bond acceptors (Lipinski definition) is 2. The molecule has 0 saturated carbocycles. The lowest BCUT2D eigenvalue weighted by Crippen LogP contribution is -2.36. The van der Waals surface area contributed by atoms with Gasteiger partial charge in [0.25, 0.3) is 0 Å². The fourth-order valence-electron chi connectivity index (χ4n) is 3.18. The molecule has 1 fully saturated rings. The third-order valence-corrected chi connectivity index (χ3v) is 4.06. The molecule has 2 N–H and O–H groups in total. The van der Waals surface area contributed by atoms with Crippen LogP contribution in [0.5, 0.6) is 0 Å². The highest BCUT2D eigenvalue weighted by Gasteiger charge is 2.32. The van der Waals surface area contributed by atoms with Crippen LogP contribution in [0.2, 0.25) is 0 Å². The Morgan fingerprint density at radius 1 is 1.44 bits per heavy atom. The molecule has 100 valence electrons. The van der Waals surface area contributed by atoms with E-state index in [0.717, 1.165) is 17.7 Å². The first-order chi connectivity index (χ1) is 8.52. The van der Waals surface area contributed by atoms with Gasteiger partial charge in [-0.15, -0.1) is 0 Å². The summed E-state index contributed by atoms with van der Waals surface area (Å²) in [7, 11) is 0. The summed E-state index contributed by atoms with van der Waals surface area (Å²) in [5.41, 5.74) is 8.11. The van der Waals surface area contributed by atoms with Gasteiger partial charge in [0, 0.05) is 25.2 Å². The molecule has 3 heteroatoms. The zero-order valence-electron chi connectivity index (χ0n) is 11.5. The largest absolute Gasteiger partial charge is 0.329 e. The molecule has 2 rings (SSSR count). The summed E-state index contributed by atoms with van der Waals surface area (Å²) in [6.45, 7) is 8.13. The second-order valence-corrected chi connectivity index (χ2v) is 5.64. The second-order valence-electron chi connectivity index (χ2n) is 5.64. The molecule has 1 heterocycles. The molecule has 0 spiro atoms. The van der Waals surface area contributed by atoms with Crippen LogP contribution >= 0.6 is 0 Å². The Labute approximate surface area is 109 Å². The molecular weight excluding hydrogens is 227 g/mol. The van der Waals surface area contributed by atoms with Crippen molar-refractivity contribution in [3.8, 4) is 0 Å². The van der Waals surface area contributed by atoms with Crippen molar-refractivity contribution in [1.82, 2.24) is 4.90 Å². The minimum atomic E-state index is -0.172. The van der Waals surface area contributed by atoms with Gasteiger partial charge in [0.15, 0.2) is 0 Å². The molecule has 0 aliphatic carbocycles. The highest BCUT2D eigenvalue weighted by atomic mass is 19.1. The number of likely N-dealkylation sites (tertiary alicyclic amines) is 1. The van der Waals surface area contributed by atoms with E-state index in [2.05, 4.69) is 18.7 Å². The number of rotatable bonds is 3. The van der Waals surface area contributed by atoms with Crippen molar-refractivity contribution in [2.75, 3.05) is 13.1 Å². The van der Waals surface area contributed by atoms with E-state index >= 15 is 0 Å². The molecule has 18 heavy (non-hydrogen) atoms. The Bertz CT molecular complexity index is 419. The molecule has 0 bridgehead atoms. The predicted molar refractivity (Wildman–Crippen MR) is 72.9 cm³/mol. The third kappa shape index (κ3) is 2.57. The Morgan fingerprint density at radius 3 is 2.72 bits per heavy atom. The van der Waals surface area contributed by atoms with Crippen molar-refractivity contribution in [3.05, 3.63) is 35.1 Å². The minimum absolute atomic E-state index is 0.139. The highest BCUT2D eigenvalue weighted by molar-refractivity contribution is 5.30. The van der Waals surface area contributed by atoms with Crippen LogP contribution in [0.3, 0.4) is 0 Å². The first kappa shape index (κ1) is 13.5. The van der Waals surface area contributed by atoms with Crippen LogP contribution in [0, 0.1) is 18.7 Å². The number of nitrogens with zero attached hydrogens (tertiary/aromatic N) is 1. The van der Waals surface area contributed by atoms with Crippen molar-refractivity contribution in [3.63, 3.8) is 0 Å². The van der Waals surface area contributed by atoms with Crippen LogP contribution in [0.4, 0.5) is 4.39 Å². The van der Waals surface area contributed by atoms with E-state index in [0.29, 0.717) is 18.5 Å². The average Bonchev–Trinajstić information content (AvgIpc) is 2.64. The van der Waals surface area contributed by atoms with Gasteiger partial charge in [-0.05, 0) is 49.4 Å². The summed E-state index contributed by atoms with van der Waals surface area (Å²) in [5.74, 6) is 0.525. The van der Waals surface area contributed by atoms with E-state index in [9.17, 15) is 4.39 Å². The summed E-state index contributed by atoms with van der Waals surface area (Å²) in [5, 5.41) is 0. The second kappa shape index (κ2) is 5.37. The highest BCUT2D eigenvalue weighted by Crippen LogP contribution is 2.32. The fraction of sp³-hybridized carbons (Fsp3) is 0.600. The Morgan fingerprint density at radius 2 is 2.17 bits per heavy atom. The summed E-state index contributed by atoms with van der Waals surface area (Å²) < 4.78 is 13.4. The van der Waals surface area contributed by atoms with Gasteiger partial charge in [-0.2, -0.15) is 0 Å². The molecule has 1 aliphatic heterocycles. The molecule has 1 saturated heterocycles. The van der Waals surface area contributed by atoms with E-state index in [1.165, 1.54) is 12.5 Å². The van der Waals surface area contributed by atoms with E-state index in [1.54, 1.807) is 6.07 Å². The topological polar surface area (TPSA) is 29.3 Å². The molecular formula is C15H23FN2. The van der Waals surface area contributed by atoms with Crippen LogP contribution in [0.25, 0.3) is 0 Å². The summed E-state index contributed by atoms with van der Waals surface area (Å²) in [6, 6.07) is 5.67. The predicted octanol–water partition coefficient (Wildman–Crippen LogP) is 2.86.